The molecule has 0 spiro atoms. The summed E-state index contributed by atoms with van der Waals surface area (Å²) in [6, 6.07) is 17.5. The highest BCUT2D eigenvalue weighted by Crippen LogP contribution is 2.47. The molecule has 0 atom stereocenters. The Kier molecular flexibility index (Phi) is 4.33. The Hall–Kier alpha value is -4.04. The number of phenolic OH excluding ortho intramolecular Hbond substituents is 1. The van der Waals surface area contributed by atoms with Crippen LogP contribution in [0.2, 0.25) is 0 Å². The van der Waals surface area contributed by atoms with Gasteiger partial charge in [-0.05, 0) is 17.2 Å². The maximum Gasteiger partial charge on any atom is 0.281 e. The number of aromatic hydroxyl groups is 1. The van der Waals surface area contributed by atoms with Crippen LogP contribution < -0.4 is 5.43 Å². The Morgan fingerprint density at radius 2 is 1.62 bits per heavy atom. The maximum atomic E-state index is 12.9. The van der Waals surface area contributed by atoms with Gasteiger partial charge < -0.3 is 10.2 Å². The minimum absolute atomic E-state index is 0.0544. The van der Waals surface area contributed by atoms with Crippen LogP contribution in [0.25, 0.3) is 11.1 Å². The van der Waals surface area contributed by atoms with Gasteiger partial charge in [0.05, 0.1) is 11.1 Å². The van der Waals surface area contributed by atoms with Gasteiger partial charge in [0.25, 0.3) is 11.6 Å². The summed E-state index contributed by atoms with van der Waals surface area (Å²) in [5.41, 5.74) is 2.54. The molecule has 1 aliphatic rings. The summed E-state index contributed by atoms with van der Waals surface area (Å²) in [7, 11) is 0. The van der Waals surface area contributed by atoms with Crippen LogP contribution >= 0.6 is 0 Å². The average molecular weight is 389 g/mol. The molecule has 8 heteroatoms. The maximum absolute atomic E-state index is 12.9. The molecule has 0 saturated heterocycles. The number of nitrogens with one attached hydrogen (secondary N) is 1. The van der Waals surface area contributed by atoms with Crippen molar-refractivity contribution in [3.05, 3.63) is 93.5 Å². The molecule has 0 heterocycles. The van der Waals surface area contributed by atoms with Gasteiger partial charge in [-0.3, -0.25) is 14.9 Å². The minimum Gasteiger partial charge on any atom is -0.507 e. The number of hydrogen-bond donors (Lipinski definition) is 3. The lowest BCUT2D eigenvalue weighted by Gasteiger charge is -2.23. The van der Waals surface area contributed by atoms with Gasteiger partial charge in [-0.25, -0.2) is 5.43 Å². The van der Waals surface area contributed by atoms with E-state index in [9.17, 15) is 25.1 Å². The van der Waals surface area contributed by atoms with Crippen LogP contribution in [0.5, 0.6) is 5.75 Å². The van der Waals surface area contributed by atoms with E-state index in [4.69, 9.17) is 0 Å². The van der Waals surface area contributed by atoms with Gasteiger partial charge in [-0.15, -0.1) is 0 Å². The average Bonchev–Trinajstić information content (AvgIpc) is 3.00. The van der Waals surface area contributed by atoms with E-state index in [-0.39, 0.29) is 17.0 Å². The zero-order valence-corrected chi connectivity index (χ0v) is 14.9. The third-order valence-corrected chi connectivity index (χ3v) is 4.84. The van der Waals surface area contributed by atoms with Crippen LogP contribution in [0.1, 0.15) is 16.7 Å². The number of nitro benzene ring substituents is 1. The van der Waals surface area contributed by atoms with Gasteiger partial charge in [-0.1, -0.05) is 48.5 Å². The summed E-state index contributed by atoms with van der Waals surface area (Å²) in [4.78, 5) is 23.2. The van der Waals surface area contributed by atoms with Gasteiger partial charge in [0.1, 0.15) is 5.75 Å². The SMILES string of the molecule is O=C(N/N=C/c1cc([N+](=O)[O-])ccc1O)C1(O)c2ccccc2-c2ccccc21. The molecule has 0 bridgehead atoms. The molecule has 1 aliphatic carbocycles. The first kappa shape index (κ1) is 18.3. The van der Waals surface area contributed by atoms with Crippen molar-refractivity contribution in [1.82, 2.24) is 5.43 Å². The number of fused-ring (bicyclic) bond motifs is 3. The molecule has 0 saturated carbocycles. The van der Waals surface area contributed by atoms with Gasteiger partial charge in [0.15, 0.2) is 5.60 Å². The Labute approximate surface area is 164 Å². The summed E-state index contributed by atoms with van der Waals surface area (Å²) >= 11 is 0. The Balaban J connectivity index is 1.65. The zero-order valence-electron chi connectivity index (χ0n) is 14.9. The normalized spacial score (nSPS) is 13.7. The third-order valence-electron chi connectivity index (χ3n) is 4.84. The summed E-state index contributed by atoms with van der Waals surface area (Å²) in [5.74, 6) is -1.01. The summed E-state index contributed by atoms with van der Waals surface area (Å²) in [6.45, 7) is 0. The van der Waals surface area contributed by atoms with Crippen LogP contribution in [-0.2, 0) is 10.4 Å². The predicted octanol–water partition coefficient (Wildman–Crippen LogP) is 2.67. The van der Waals surface area contributed by atoms with E-state index < -0.39 is 16.4 Å². The number of non-ortho nitro benzene ring substituents is 1. The molecule has 144 valence electrons. The van der Waals surface area contributed by atoms with E-state index in [0.717, 1.165) is 35.5 Å². The Morgan fingerprint density at radius 3 is 2.21 bits per heavy atom. The van der Waals surface area contributed by atoms with Gasteiger partial charge in [-0.2, -0.15) is 5.10 Å². The number of rotatable bonds is 4. The standard InChI is InChI=1S/C21H15N3O5/c25-19-10-9-14(24(28)29)11-13(19)12-22-23-20(26)21(27)17-7-3-1-5-15(17)16-6-2-4-8-18(16)21/h1-12,25,27H,(H,23,26)/b22-12+. The van der Waals surface area contributed by atoms with Gasteiger partial charge in [0, 0.05) is 28.8 Å². The third kappa shape index (κ3) is 2.91. The second-order valence-corrected chi connectivity index (χ2v) is 6.50. The largest absolute Gasteiger partial charge is 0.507 e. The Bertz CT molecular complexity index is 1130. The number of hydrazone groups is 1. The molecule has 0 aliphatic heterocycles. The van der Waals surface area contributed by atoms with Crippen LogP contribution in [0.3, 0.4) is 0 Å². The fourth-order valence-corrected chi connectivity index (χ4v) is 3.46. The predicted molar refractivity (Wildman–Crippen MR) is 105 cm³/mol. The molecule has 3 aromatic rings. The Morgan fingerprint density at radius 1 is 1.03 bits per heavy atom. The van der Waals surface area contributed by atoms with E-state index in [1.165, 1.54) is 0 Å². The van der Waals surface area contributed by atoms with Gasteiger partial charge >= 0.3 is 0 Å². The summed E-state index contributed by atoms with van der Waals surface area (Å²) < 4.78 is 0. The molecule has 0 unspecified atom stereocenters. The lowest BCUT2D eigenvalue weighted by molar-refractivity contribution is -0.384. The van der Waals surface area contributed by atoms with E-state index in [1.54, 1.807) is 24.3 Å². The second kappa shape index (κ2) is 6.84. The van der Waals surface area contributed by atoms with E-state index >= 15 is 0 Å². The first-order valence-corrected chi connectivity index (χ1v) is 8.65. The number of nitrogens with zero attached hydrogens (tertiary/aromatic N) is 2. The van der Waals surface area contributed by atoms with Crippen molar-refractivity contribution in [2.75, 3.05) is 0 Å². The van der Waals surface area contributed by atoms with Crippen molar-refractivity contribution in [1.29, 1.82) is 0 Å². The van der Waals surface area contributed by atoms with E-state index in [1.807, 2.05) is 24.3 Å². The van der Waals surface area contributed by atoms with E-state index in [0.29, 0.717) is 11.1 Å². The number of phenols is 1. The second-order valence-electron chi connectivity index (χ2n) is 6.50. The fraction of sp³-hybridized carbons (Fsp3) is 0.0476. The van der Waals surface area contributed by atoms with E-state index in [2.05, 4.69) is 10.5 Å². The first-order valence-electron chi connectivity index (χ1n) is 8.65. The molecule has 4 rings (SSSR count). The van der Waals surface area contributed by atoms with Crippen LogP contribution in [-0.4, -0.2) is 27.3 Å². The van der Waals surface area contributed by atoms with Crippen molar-refractivity contribution in [2.45, 2.75) is 5.60 Å². The molecule has 0 radical (unpaired) electrons. The smallest absolute Gasteiger partial charge is 0.281 e. The fourth-order valence-electron chi connectivity index (χ4n) is 3.46. The van der Waals surface area contributed by atoms with Crippen molar-refractivity contribution in [2.24, 2.45) is 5.10 Å². The molecule has 3 N–H and O–H groups in total. The highest BCUT2D eigenvalue weighted by atomic mass is 16.6. The highest BCUT2D eigenvalue weighted by molar-refractivity contribution is 5.99. The molecule has 8 nitrogen and oxygen atoms in total. The first-order chi connectivity index (χ1) is 13.9. The number of amides is 1. The lowest BCUT2D eigenvalue weighted by Crippen LogP contribution is -2.42. The zero-order chi connectivity index (χ0) is 20.6. The minimum atomic E-state index is -1.94. The van der Waals surface area contributed by atoms with Crippen LogP contribution in [0.4, 0.5) is 5.69 Å². The number of benzene rings is 3. The van der Waals surface area contributed by atoms with Crippen molar-refractivity contribution < 1.29 is 19.9 Å². The van der Waals surface area contributed by atoms with Crippen LogP contribution in [0, 0.1) is 10.1 Å². The highest BCUT2D eigenvalue weighted by Gasteiger charge is 2.47. The topological polar surface area (TPSA) is 125 Å². The molecule has 0 aromatic heterocycles. The quantitative estimate of drug-likeness (QED) is 0.359. The monoisotopic (exact) mass is 389 g/mol. The van der Waals surface area contributed by atoms with Crippen molar-refractivity contribution in [3.63, 3.8) is 0 Å². The number of aliphatic hydroxyl groups is 1. The summed E-state index contributed by atoms with van der Waals surface area (Å²) in [5, 5.41) is 35.8. The van der Waals surface area contributed by atoms with Crippen molar-refractivity contribution >= 4 is 17.8 Å². The number of carbonyl (C=O) groups is 1. The summed E-state index contributed by atoms with van der Waals surface area (Å²) in [6.07, 6.45) is 1.08. The van der Waals surface area contributed by atoms with Crippen molar-refractivity contribution in [3.8, 4) is 16.9 Å². The number of nitro groups is 1. The number of hydrogen-bond acceptors (Lipinski definition) is 6. The molecule has 1 amide bonds. The van der Waals surface area contributed by atoms with Crippen LogP contribution in [0.15, 0.2) is 71.8 Å². The molecule has 3 aromatic carbocycles. The van der Waals surface area contributed by atoms with Gasteiger partial charge in [0.2, 0.25) is 0 Å². The molecular weight excluding hydrogens is 374 g/mol. The number of carbonyl (C=O) groups excluding carboxylic acids is 1. The molecular formula is C21H15N3O5. The molecule has 0 fully saturated rings. The lowest BCUT2D eigenvalue weighted by atomic mass is 9.91. The molecule has 29 heavy (non-hydrogen) atoms.